The number of ether oxygens (including phenoxy) is 2. The molecule has 8 heteroatoms. The molecule has 1 amide bonds. The van der Waals surface area contributed by atoms with Gasteiger partial charge in [0.15, 0.2) is 11.5 Å². The van der Waals surface area contributed by atoms with E-state index in [1.54, 1.807) is 18.2 Å². The maximum absolute atomic E-state index is 12.9. The summed E-state index contributed by atoms with van der Waals surface area (Å²) in [7, 11) is -0.517. The molecule has 1 aliphatic heterocycles. The summed E-state index contributed by atoms with van der Waals surface area (Å²) in [6.45, 7) is 0.180. The third-order valence-corrected chi connectivity index (χ3v) is 5.82. The van der Waals surface area contributed by atoms with Crippen LogP contribution in [0.3, 0.4) is 0 Å². The van der Waals surface area contributed by atoms with E-state index in [1.807, 2.05) is 24.3 Å². The van der Waals surface area contributed by atoms with Gasteiger partial charge < -0.3 is 14.8 Å². The van der Waals surface area contributed by atoms with E-state index in [1.165, 1.54) is 18.5 Å². The number of rotatable bonds is 5. The number of sulfonamides is 1. The summed E-state index contributed by atoms with van der Waals surface area (Å²) in [5.74, 6) is 0.631. The lowest BCUT2D eigenvalue weighted by Gasteiger charge is -2.34. The molecule has 2 aromatic rings. The van der Waals surface area contributed by atoms with Crippen LogP contribution in [-0.4, -0.2) is 45.1 Å². The molecule has 0 saturated heterocycles. The fourth-order valence-corrected chi connectivity index (χ4v) is 4.22. The molecule has 0 spiro atoms. The lowest BCUT2D eigenvalue weighted by molar-refractivity contribution is -0.120. The Hall–Kier alpha value is -2.58. The molecule has 0 aromatic heterocycles. The Labute approximate surface area is 158 Å². The minimum absolute atomic E-state index is 0.180. The number of nitrogens with zero attached hydrogens (tertiary/aromatic N) is 1. The largest absolute Gasteiger partial charge is 0.493 e. The van der Waals surface area contributed by atoms with Crippen molar-refractivity contribution in [1.82, 2.24) is 4.31 Å². The fourth-order valence-electron chi connectivity index (χ4n) is 3.21. The van der Waals surface area contributed by atoms with Crippen molar-refractivity contribution in [2.24, 2.45) is 0 Å². The SMILES string of the molecule is COc1ccc(NC(=O)[C@H]2Cc3ccccc3CN2S(C)(=O)=O)cc1OC. The average molecular weight is 390 g/mol. The van der Waals surface area contributed by atoms with Gasteiger partial charge in [0.05, 0.1) is 20.5 Å². The van der Waals surface area contributed by atoms with Gasteiger partial charge in [0.2, 0.25) is 15.9 Å². The highest BCUT2D eigenvalue weighted by Gasteiger charge is 2.36. The first-order valence-corrected chi connectivity index (χ1v) is 10.2. The summed E-state index contributed by atoms with van der Waals surface area (Å²) < 4.78 is 36.2. The Balaban J connectivity index is 1.88. The average Bonchev–Trinajstić information content (AvgIpc) is 2.66. The Kier molecular flexibility index (Phi) is 5.38. The van der Waals surface area contributed by atoms with Crippen molar-refractivity contribution in [3.8, 4) is 11.5 Å². The summed E-state index contributed by atoms with van der Waals surface area (Å²) in [5, 5.41) is 2.79. The van der Waals surface area contributed by atoms with Gasteiger partial charge >= 0.3 is 0 Å². The predicted octanol–water partition coefficient (Wildman–Crippen LogP) is 2.03. The zero-order valence-electron chi connectivity index (χ0n) is 15.4. The second-order valence-corrected chi connectivity index (χ2v) is 8.29. The molecule has 7 nitrogen and oxygen atoms in total. The highest BCUT2D eigenvalue weighted by atomic mass is 32.2. The van der Waals surface area contributed by atoms with E-state index in [2.05, 4.69) is 5.32 Å². The number of hydrogen-bond donors (Lipinski definition) is 1. The minimum Gasteiger partial charge on any atom is -0.493 e. The van der Waals surface area contributed by atoms with Gasteiger partial charge in [-0.05, 0) is 29.7 Å². The number of nitrogens with one attached hydrogen (secondary N) is 1. The van der Waals surface area contributed by atoms with Crippen LogP contribution < -0.4 is 14.8 Å². The lowest BCUT2D eigenvalue weighted by atomic mass is 9.95. The number of hydrogen-bond acceptors (Lipinski definition) is 5. The monoisotopic (exact) mass is 390 g/mol. The normalized spacial score (nSPS) is 17.1. The Bertz CT molecular complexity index is 958. The molecule has 1 aliphatic rings. The molecule has 3 rings (SSSR count). The summed E-state index contributed by atoms with van der Waals surface area (Å²) in [6.07, 6.45) is 1.44. The second kappa shape index (κ2) is 7.58. The van der Waals surface area contributed by atoms with E-state index in [0.29, 0.717) is 23.6 Å². The Morgan fingerprint density at radius 3 is 2.37 bits per heavy atom. The molecular formula is C19H22N2O5S. The lowest BCUT2D eigenvalue weighted by Crippen LogP contribution is -2.50. The maximum Gasteiger partial charge on any atom is 0.243 e. The number of carbonyl (C=O) groups is 1. The molecule has 144 valence electrons. The number of benzene rings is 2. The first-order chi connectivity index (χ1) is 12.8. The van der Waals surface area contributed by atoms with Gasteiger partial charge in [0.25, 0.3) is 0 Å². The Morgan fingerprint density at radius 1 is 1.07 bits per heavy atom. The zero-order chi connectivity index (χ0) is 19.6. The van der Waals surface area contributed by atoms with E-state index in [9.17, 15) is 13.2 Å². The van der Waals surface area contributed by atoms with Crippen LogP contribution in [0.2, 0.25) is 0 Å². The number of fused-ring (bicyclic) bond motifs is 1. The molecule has 0 saturated carbocycles. The third-order valence-electron chi connectivity index (χ3n) is 4.59. The summed E-state index contributed by atoms with van der Waals surface area (Å²) >= 11 is 0. The smallest absolute Gasteiger partial charge is 0.243 e. The third kappa shape index (κ3) is 4.06. The predicted molar refractivity (Wildman–Crippen MR) is 102 cm³/mol. The summed E-state index contributed by atoms with van der Waals surface area (Å²) in [4.78, 5) is 12.9. The van der Waals surface area contributed by atoms with E-state index in [0.717, 1.165) is 17.4 Å². The van der Waals surface area contributed by atoms with Crippen molar-refractivity contribution in [2.45, 2.75) is 19.0 Å². The van der Waals surface area contributed by atoms with Crippen LogP contribution in [0, 0.1) is 0 Å². The van der Waals surface area contributed by atoms with Crippen molar-refractivity contribution in [1.29, 1.82) is 0 Å². The van der Waals surface area contributed by atoms with E-state index in [4.69, 9.17) is 9.47 Å². The fraction of sp³-hybridized carbons (Fsp3) is 0.316. The van der Waals surface area contributed by atoms with Crippen molar-refractivity contribution in [3.63, 3.8) is 0 Å². The number of methoxy groups -OCH3 is 2. The van der Waals surface area contributed by atoms with Crippen LogP contribution in [-0.2, 0) is 27.8 Å². The molecule has 0 bridgehead atoms. The molecule has 0 radical (unpaired) electrons. The van der Waals surface area contributed by atoms with Crippen molar-refractivity contribution >= 4 is 21.6 Å². The highest BCUT2D eigenvalue weighted by Crippen LogP contribution is 2.31. The van der Waals surface area contributed by atoms with Gasteiger partial charge in [-0.1, -0.05) is 24.3 Å². The second-order valence-electron chi connectivity index (χ2n) is 6.36. The van der Waals surface area contributed by atoms with Crippen molar-refractivity contribution in [2.75, 3.05) is 25.8 Å². The van der Waals surface area contributed by atoms with Gasteiger partial charge in [0.1, 0.15) is 6.04 Å². The van der Waals surface area contributed by atoms with Gasteiger partial charge in [-0.15, -0.1) is 0 Å². The molecule has 1 N–H and O–H groups in total. The van der Waals surface area contributed by atoms with Crippen LogP contribution in [0.25, 0.3) is 0 Å². The zero-order valence-corrected chi connectivity index (χ0v) is 16.2. The molecule has 0 fully saturated rings. The molecular weight excluding hydrogens is 368 g/mol. The highest BCUT2D eigenvalue weighted by molar-refractivity contribution is 7.88. The molecule has 1 atom stereocenters. The molecule has 0 unspecified atom stereocenters. The van der Waals surface area contributed by atoms with Gasteiger partial charge in [-0.2, -0.15) is 4.31 Å². The first kappa shape index (κ1) is 19.2. The van der Waals surface area contributed by atoms with Crippen LogP contribution in [0.1, 0.15) is 11.1 Å². The van der Waals surface area contributed by atoms with Crippen LogP contribution in [0.4, 0.5) is 5.69 Å². The van der Waals surface area contributed by atoms with Crippen molar-refractivity contribution in [3.05, 3.63) is 53.6 Å². The van der Waals surface area contributed by atoms with Crippen molar-refractivity contribution < 1.29 is 22.7 Å². The topological polar surface area (TPSA) is 84.9 Å². The van der Waals surface area contributed by atoms with E-state index >= 15 is 0 Å². The maximum atomic E-state index is 12.9. The van der Waals surface area contributed by atoms with Gasteiger partial charge in [0, 0.05) is 18.3 Å². The number of carbonyl (C=O) groups excluding carboxylic acids is 1. The first-order valence-electron chi connectivity index (χ1n) is 8.40. The van der Waals surface area contributed by atoms with Crippen LogP contribution >= 0.6 is 0 Å². The minimum atomic E-state index is -3.55. The van der Waals surface area contributed by atoms with Crippen LogP contribution in [0.15, 0.2) is 42.5 Å². The number of anilines is 1. The van der Waals surface area contributed by atoms with Gasteiger partial charge in [-0.25, -0.2) is 8.42 Å². The molecule has 0 aliphatic carbocycles. The van der Waals surface area contributed by atoms with Gasteiger partial charge in [-0.3, -0.25) is 4.79 Å². The van der Waals surface area contributed by atoms with E-state index in [-0.39, 0.29) is 12.5 Å². The molecule has 27 heavy (non-hydrogen) atoms. The molecule has 1 heterocycles. The van der Waals surface area contributed by atoms with Crippen LogP contribution in [0.5, 0.6) is 11.5 Å². The Morgan fingerprint density at radius 2 is 1.74 bits per heavy atom. The quantitative estimate of drug-likeness (QED) is 0.844. The van der Waals surface area contributed by atoms with E-state index < -0.39 is 16.1 Å². The standard InChI is InChI=1S/C19H22N2O5S/c1-25-17-9-8-15(11-18(17)26-2)20-19(22)16-10-13-6-4-5-7-14(13)12-21(16)27(3,23)24/h4-9,11,16H,10,12H2,1-3H3,(H,20,22)/t16-/m1/s1. The summed E-state index contributed by atoms with van der Waals surface area (Å²) in [6, 6.07) is 11.7. The summed E-state index contributed by atoms with van der Waals surface area (Å²) in [5.41, 5.74) is 2.40. The number of amides is 1. The molecule has 2 aromatic carbocycles.